The van der Waals surface area contributed by atoms with Gasteiger partial charge in [0.15, 0.2) is 0 Å². The SMILES string of the molecule is COC(=O)CCN(CC(C)C)C(=O)CCC1CCNC1.Cl. The Morgan fingerprint density at radius 2 is 2.05 bits per heavy atom. The van der Waals surface area contributed by atoms with E-state index >= 15 is 0 Å². The van der Waals surface area contributed by atoms with Crippen molar-refractivity contribution in [2.24, 2.45) is 11.8 Å². The van der Waals surface area contributed by atoms with Gasteiger partial charge < -0.3 is 15.0 Å². The first-order chi connectivity index (χ1) is 9.52. The van der Waals surface area contributed by atoms with Crippen molar-refractivity contribution in [2.75, 3.05) is 33.3 Å². The Morgan fingerprint density at radius 3 is 2.57 bits per heavy atom. The zero-order chi connectivity index (χ0) is 15.0. The molecule has 6 heteroatoms. The summed E-state index contributed by atoms with van der Waals surface area (Å²) in [5.74, 6) is 0.936. The molecule has 0 bridgehead atoms. The van der Waals surface area contributed by atoms with Crippen LogP contribution in [0.1, 0.15) is 39.5 Å². The van der Waals surface area contributed by atoms with Crippen LogP contribution in [0.25, 0.3) is 0 Å². The summed E-state index contributed by atoms with van der Waals surface area (Å²) in [6, 6.07) is 0. The lowest BCUT2D eigenvalue weighted by Gasteiger charge is -2.24. The molecule has 1 rings (SSSR count). The number of hydrogen-bond acceptors (Lipinski definition) is 4. The van der Waals surface area contributed by atoms with Gasteiger partial charge in [-0.05, 0) is 37.8 Å². The van der Waals surface area contributed by atoms with E-state index in [0.29, 0.717) is 31.3 Å². The largest absolute Gasteiger partial charge is 0.469 e. The normalized spacial score (nSPS) is 17.4. The highest BCUT2D eigenvalue weighted by Gasteiger charge is 2.20. The molecule has 0 aromatic carbocycles. The molecule has 1 amide bonds. The van der Waals surface area contributed by atoms with E-state index in [1.165, 1.54) is 13.5 Å². The van der Waals surface area contributed by atoms with E-state index < -0.39 is 0 Å². The fourth-order valence-electron chi connectivity index (χ4n) is 2.53. The third kappa shape index (κ3) is 8.27. The maximum absolute atomic E-state index is 12.3. The lowest BCUT2D eigenvalue weighted by Crippen LogP contribution is -2.36. The Hall–Kier alpha value is -0.810. The average molecular weight is 321 g/mol. The van der Waals surface area contributed by atoms with Crippen LogP contribution in [0.2, 0.25) is 0 Å². The van der Waals surface area contributed by atoms with E-state index in [2.05, 4.69) is 23.9 Å². The topological polar surface area (TPSA) is 58.6 Å². The molecule has 0 aromatic rings. The fourth-order valence-corrected chi connectivity index (χ4v) is 2.53. The molecule has 124 valence electrons. The second-order valence-electron chi connectivity index (χ2n) is 5.96. The van der Waals surface area contributed by atoms with Gasteiger partial charge in [-0.2, -0.15) is 0 Å². The molecule has 1 unspecified atom stereocenters. The van der Waals surface area contributed by atoms with Crippen molar-refractivity contribution in [1.29, 1.82) is 0 Å². The highest BCUT2D eigenvalue weighted by molar-refractivity contribution is 5.85. The summed E-state index contributed by atoms with van der Waals surface area (Å²) in [7, 11) is 1.38. The Morgan fingerprint density at radius 1 is 1.33 bits per heavy atom. The number of amides is 1. The molecule has 1 N–H and O–H groups in total. The summed E-state index contributed by atoms with van der Waals surface area (Å²) < 4.78 is 4.64. The molecule has 1 fully saturated rings. The number of esters is 1. The fraction of sp³-hybridized carbons (Fsp3) is 0.867. The van der Waals surface area contributed by atoms with Crippen LogP contribution < -0.4 is 5.32 Å². The molecule has 1 atom stereocenters. The maximum Gasteiger partial charge on any atom is 0.307 e. The first-order valence-corrected chi connectivity index (χ1v) is 7.58. The predicted molar refractivity (Wildman–Crippen MR) is 85.5 cm³/mol. The van der Waals surface area contributed by atoms with Crippen molar-refractivity contribution < 1.29 is 14.3 Å². The predicted octanol–water partition coefficient (Wildman–Crippen LogP) is 1.85. The molecule has 0 aliphatic carbocycles. The van der Waals surface area contributed by atoms with E-state index in [4.69, 9.17) is 0 Å². The third-order valence-corrected chi connectivity index (χ3v) is 3.68. The molecular weight excluding hydrogens is 292 g/mol. The molecule has 0 spiro atoms. The van der Waals surface area contributed by atoms with Gasteiger partial charge >= 0.3 is 5.97 Å². The summed E-state index contributed by atoms with van der Waals surface area (Å²) >= 11 is 0. The van der Waals surface area contributed by atoms with Gasteiger partial charge in [-0.25, -0.2) is 0 Å². The monoisotopic (exact) mass is 320 g/mol. The average Bonchev–Trinajstić information content (AvgIpc) is 2.93. The summed E-state index contributed by atoms with van der Waals surface area (Å²) in [6.07, 6.45) is 2.97. The molecule has 1 aliphatic rings. The third-order valence-electron chi connectivity index (χ3n) is 3.68. The van der Waals surface area contributed by atoms with Crippen molar-refractivity contribution in [3.8, 4) is 0 Å². The van der Waals surface area contributed by atoms with E-state index in [0.717, 1.165) is 19.5 Å². The van der Waals surface area contributed by atoms with E-state index in [9.17, 15) is 9.59 Å². The number of rotatable bonds is 8. The minimum absolute atomic E-state index is 0. The lowest BCUT2D eigenvalue weighted by atomic mass is 10.0. The maximum atomic E-state index is 12.3. The zero-order valence-electron chi connectivity index (χ0n) is 13.4. The van der Waals surface area contributed by atoms with Crippen molar-refractivity contribution in [1.82, 2.24) is 10.2 Å². The van der Waals surface area contributed by atoms with Crippen LogP contribution in [-0.2, 0) is 14.3 Å². The summed E-state index contributed by atoms with van der Waals surface area (Å²) in [4.78, 5) is 25.3. The van der Waals surface area contributed by atoms with Crippen molar-refractivity contribution >= 4 is 24.3 Å². The van der Waals surface area contributed by atoms with Gasteiger partial charge in [0.1, 0.15) is 0 Å². The molecule has 1 heterocycles. The molecule has 1 aliphatic heterocycles. The molecule has 1 saturated heterocycles. The van der Waals surface area contributed by atoms with Gasteiger partial charge in [0.05, 0.1) is 13.5 Å². The smallest absolute Gasteiger partial charge is 0.307 e. The van der Waals surface area contributed by atoms with Crippen LogP contribution in [0.4, 0.5) is 0 Å². The van der Waals surface area contributed by atoms with Crippen molar-refractivity contribution in [2.45, 2.75) is 39.5 Å². The van der Waals surface area contributed by atoms with Crippen molar-refractivity contribution in [3.05, 3.63) is 0 Å². The van der Waals surface area contributed by atoms with E-state index in [1.807, 2.05) is 4.90 Å². The highest BCUT2D eigenvalue weighted by Crippen LogP contribution is 2.15. The molecular formula is C15H29ClN2O3. The number of carbonyl (C=O) groups is 2. The van der Waals surface area contributed by atoms with Crippen LogP contribution >= 0.6 is 12.4 Å². The quantitative estimate of drug-likeness (QED) is 0.693. The molecule has 0 aromatic heterocycles. The Bertz CT molecular complexity index is 318. The Labute approximate surface area is 134 Å². The molecule has 21 heavy (non-hydrogen) atoms. The van der Waals surface area contributed by atoms with Crippen LogP contribution in [0.3, 0.4) is 0 Å². The minimum atomic E-state index is -0.258. The van der Waals surface area contributed by atoms with Crippen molar-refractivity contribution in [3.63, 3.8) is 0 Å². The van der Waals surface area contributed by atoms with Gasteiger partial charge in [-0.3, -0.25) is 9.59 Å². The van der Waals surface area contributed by atoms with Gasteiger partial charge in [0.2, 0.25) is 5.91 Å². The van der Waals surface area contributed by atoms with Gasteiger partial charge in [0, 0.05) is 19.5 Å². The molecule has 5 nitrogen and oxygen atoms in total. The number of ether oxygens (including phenoxy) is 1. The molecule has 0 saturated carbocycles. The first kappa shape index (κ1) is 20.2. The second kappa shape index (κ2) is 10.9. The number of methoxy groups -OCH3 is 1. The number of hydrogen-bond donors (Lipinski definition) is 1. The molecule has 0 radical (unpaired) electrons. The van der Waals surface area contributed by atoms with E-state index in [-0.39, 0.29) is 30.7 Å². The van der Waals surface area contributed by atoms with Crippen LogP contribution in [0.15, 0.2) is 0 Å². The van der Waals surface area contributed by atoms with Gasteiger partial charge in [0.25, 0.3) is 0 Å². The second-order valence-corrected chi connectivity index (χ2v) is 5.96. The number of halogens is 1. The number of carbonyl (C=O) groups excluding carboxylic acids is 2. The van der Waals surface area contributed by atoms with Gasteiger partial charge in [-0.15, -0.1) is 12.4 Å². The Balaban J connectivity index is 0.00000400. The van der Waals surface area contributed by atoms with Crippen LogP contribution in [-0.4, -0.2) is 50.1 Å². The zero-order valence-corrected chi connectivity index (χ0v) is 14.2. The highest BCUT2D eigenvalue weighted by atomic mass is 35.5. The van der Waals surface area contributed by atoms with Gasteiger partial charge in [-0.1, -0.05) is 13.8 Å². The van der Waals surface area contributed by atoms with Crippen LogP contribution in [0.5, 0.6) is 0 Å². The Kier molecular flexibility index (Phi) is 10.4. The summed E-state index contributed by atoms with van der Waals surface area (Å²) in [5, 5.41) is 3.32. The lowest BCUT2D eigenvalue weighted by molar-refractivity contribution is -0.142. The minimum Gasteiger partial charge on any atom is -0.469 e. The number of nitrogens with one attached hydrogen (secondary N) is 1. The standard InChI is InChI=1S/C15H28N2O3.ClH/c1-12(2)11-17(9-7-15(19)20-3)14(18)5-4-13-6-8-16-10-13;/h12-13,16H,4-11H2,1-3H3;1H. The first-order valence-electron chi connectivity index (χ1n) is 7.58. The summed E-state index contributed by atoms with van der Waals surface area (Å²) in [6.45, 7) is 7.43. The summed E-state index contributed by atoms with van der Waals surface area (Å²) in [5.41, 5.74) is 0. The van der Waals surface area contributed by atoms with Crippen LogP contribution in [0, 0.1) is 11.8 Å². The number of nitrogens with zero attached hydrogens (tertiary/aromatic N) is 1. The van der Waals surface area contributed by atoms with E-state index in [1.54, 1.807) is 0 Å².